The van der Waals surface area contributed by atoms with Crippen LogP contribution in [0.5, 0.6) is 0 Å². The fraction of sp³-hybridized carbons (Fsp3) is 0.375. The number of sulfonamides is 1. The predicted molar refractivity (Wildman–Crippen MR) is 63.8 cm³/mol. The van der Waals surface area contributed by atoms with Crippen LogP contribution in [0.25, 0.3) is 0 Å². The van der Waals surface area contributed by atoms with Crippen LogP contribution < -0.4 is 10.0 Å². The molecule has 1 atom stereocenters. The van der Waals surface area contributed by atoms with Crippen molar-refractivity contribution in [1.82, 2.24) is 10.0 Å². The van der Waals surface area contributed by atoms with E-state index in [0.717, 1.165) is 15.1 Å². The lowest BCUT2D eigenvalue weighted by atomic mass is 10.3. The Morgan fingerprint density at radius 1 is 1.50 bits per heavy atom. The number of nitrogens with one attached hydrogen (secondary N) is 2. The van der Waals surface area contributed by atoms with Gasteiger partial charge in [0.2, 0.25) is 15.9 Å². The summed E-state index contributed by atoms with van der Waals surface area (Å²) in [5.41, 5.74) is 0. The molecule has 2 N–H and O–H groups in total. The molecule has 5 nitrogen and oxygen atoms in total. The molecule has 0 radical (unpaired) electrons. The minimum atomic E-state index is -3.50. The zero-order chi connectivity index (χ0) is 11.8. The number of carbonyl (C=O) groups is 1. The summed E-state index contributed by atoms with van der Waals surface area (Å²) in [6, 6.07) is 2.86. The first-order valence-electron chi connectivity index (χ1n) is 4.52. The molecule has 16 heavy (non-hydrogen) atoms. The summed E-state index contributed by atoms with van der Waals surface area (Å²) in [4.78, 5) is 10.9. The summed E-state index contributed by atoms with van der Waals surface area (Å²) in [5.74, 6) is -0.125. The second-order valence-corrected chi connectivity index (χ2v) is 7.79. The Kier molecular flexibility index (Phi) is 3.34. The lowest BCUT2D eigenvalue weighted by Gasteiger charge is -2.09. The monoisotopic (exact) mass is 324 g/mol. The van der Waals surface area contributed by atoms with Gasteiger partial charge in [0.05, 0.1) is 3.79 Å². The summed E-state index contributed by atoms with van der Waals surface area (Å²) in [7, 11) is -3.50. The molecular formula is C8H9BrN2O3S2. The van der Waals surface area contributed by atoms with E-state index in [-0.39, 0.29) is 22.6 Å². The van der Waals surface area contributed by atoms with Crippen molar-refractivity contribution in [1.29, 1.82) is 0 Å². The molecule has 2 rings (SSSR count). The van der Waals surface area contributed by atoms with Gasteiger partial charge in [0.1, 0.15) is 4.21 Å². The molecule has 0 bridgehead atoms. The van der Waals surface area contributed by atoms with Gasteiger partial charge in [-0.2, -0.15) is 0 Å². The van der Waals surface area contributed by atoms with Crippen molar-refractivity contribution in [3.63, 3.8) is 0 Å². The molecule has 0 saturated carbocycles. The van der Waals surface area contributed by atoms with Crippen molar-refractivity contribution in [2.75, 3.05) is 6.54 Å². The molecule has 1 saturated heterocycles. The van der Waals surface area contributed by atoms with Gasteiger partial charge in [0.25, 0.3) is 0 Å². The second kappa shape index (κ2) is 4.44. The highest BCUT2D eigenvalue weighted by atomic mass is 79.9. The Morgan fingerprint density at radius 2 is 2.25 bits per heavy atom. The van der Waals surface area contributed by atoms with Crippen LogP contribution in [0.3, 0.4) is 0 Å². The van der Waals surface area contributed by atoms with E-state index in [9.17, 15) is 13.2 Å². The van der Waals surface area contributed by atoms with Crippen molar-refractivity contribution >= 4 is 43.2 Å². The van der Waals surface area contributed by atoms with Crippen molar-refractivity contribution in [2.24, 2.45) is 0 Å². The third-order valence-electron chi connectivity index (χ3n) is 2.11. The molecule has 1 fully saturated rings. The van der Waals surface area contributed by atoms with E-state index < -0.39 is 10.0 Å². The Labute approximate surface area is 105 Å². The summed E-state index contributed by atoms with van der Waals surface area (Å²) < 4.78 is 27.2. The molecule has 2 heterocycles. The van der Waals surface area contributed by atoms with Gasteiger partial charge >= 0.3 is 0 Å². The van der Waals surface area contributed by atoms with E-state index >= 15 is 0 Å². The fourth-order valence-electron chi connectivity index (χ4n) is 1.41. The maximum absolute atomic E-state index is 11.8. The minimum Gasteiger partial charge on any atom is -0.354 e. The lowest BCUT2D eigenvalue weighted by molar-refractivity contribution is -0.119. The molecule has 1 aromatic rings. The van der Waals surface area contributed by atoms with Gasteiger partial charge < -0.3 is 5.32 Å². The summed E-state index contributed by atoms with van der Waals surface area (Å²) in [5, 5.41) is 2.58. The number of hydrogen-bond donors (Lipinski definition) is 2. The minimum absolute atomic E-state index is 0.125. The Morgan fingerprint density at radius 3 is 2.75 bits per heavy atom. The summed E-state index contributed by atoms with van der Waals surface area (Å²) >= 11 is 4.35. The van der Waals surface area contributed by atoms with E-state index in [4.69, 9.17) is 0 Å². The Balaban J connectivity index is 2.12. The number of carbonyl (C=O) groups excluding carboxylic acids is 1. The Bertz CT molecular complexity index is 511. The molecule has 1 aliphatic heterocycles. The molecule has 1 amide bonds. The zero-order valence-corrected chi connectivity index (χ0v) is 11.3. The predicted octanol–water partition coefficient (Wildman–Crippen LogP) is 0.677. The second-order valence-electron chi connectivity index (χ2n) is 3.38. The highest BCUT2D eigenvalue weighted by Crippen LogP contribution is 2.26. The molecule has 0 aromatic carbocycles. The SMILES string of the molecule is O=C1CC(NS(=O)(=O)c2ccc(Br)s2)CN1. The molecule has 0 aliphatic carbocycles. The van der Waals surface area contributed by atoms with Crippen molar-refractivity contribution in [3.05, 3.63) is 15.9 Å². The van der Waals surface area contributed by atoms with Gasteiger partial charge in [-0.25, -0.2) is 13.1 Å². The highest BCUT2D eigenvalue weighted by molar-refractivity contribution is 9.11. The van der Waals surface area contributed by atoms with E-state index in [2.05, 4.69) is 26.0 Å². The van der Waals surface area contributed by atoms with E-state index in [1.54, 1.807) is 6.07 Å². The maximum atomic E-state index is 11.8. The smallest absolute Gasteiger partial charge is 0.250 e. The standard InChI is InChI=1S/C8H9BrN2O3S2/c9-6-1-2-8(15-6)16(13,14)11-5-3-7(12)10-4-5/h1-2,5,11H,3-4H2,(H,10,12). The number of halogens is 1. The first kappa shape index (κ1) is 12.0. The average Bonchev–Trinajstić information content (AvgIpc) is 2.75. The van der Waals surface area contributed by atoms with Gasteiger partial charge in [-0.15, -0.1) is 11.3 Å². The van der Waals surface area contributed by atoms with E-state index in [1.807, 2.05) is 0 Å². The maximum Gasteiger partial charge on any atom is 0.250 e. The highest BCUT2D eigenvalue weighted by Gasteiger charge is 2.27. The molecule has 8 heteroatoms. The van der Waals surface area contributed by atoms with Crippen LogP contribution in [0.4, 0.5) is 0 Å². The molecule has 0 spiro atoms. The van der Waals surface area contributed by atoms with Gasteiger partial charge in [-0.3, -0.25) is 4.79 Å². The van der Waals surface area contributed by atoms with Crippen molar-refractivity contribution in [3.8, 4) is 0 Å². The molecule has 1 unspecified atom stereocenters. The number of thiophene rings is 1. The van der Waals surface area contributed by atoms with E-state index in [1.165, 1.54) is 6.07 Å². The third-order valence-corrected chi connectivity index (χ3v) is 5.75. The van der Waals surface area contributed by atoms with Crippen LogP contribution in [-0.2, 0) is 14.8 Å². The largest absolute Gasteiger partial charge is 0.354 e. The lowest BCUT2D eigenvalue weighted by Crippen LogP contribution is -2.35. The topological polar surface area (TPSA) is 75.3 Å². The van der Waals surface area contributed by atoms with Crippen molar-refractivity contribution < 1.29 is 13.2 Å². The molecule has 1 aromatic heterocycles. The molecule has 1 aliphatic rings. The quantitative estimate of drug-likeness (QED) is 0.858. The first-order chi connectivity index (χ1) is 7.47. The normalized spacial score (nSPS) is 21.1. The van der Waals surface area contributed by atoms with Crippen LogP contribution in [0.15, 0.2) is 20.1 Å². The number of rotatable bonds is 3. The van der Waals surface area contributed by atoms with Gasteiger partial charge in [0.15, 0.2) is 0 Å². The first-order valence-corrected chi connectivity index (χ1v) is 7.61. The van der Waals surface area contributed by atoms with Crippen LogP contribution >= 0.6 is 27.3 Å². The van der Waals surface area contributed by atoms with Crippen LogP contribution in [-0.4, -0.2) is 26.9 Å². The zero-order valence-electron chi connectivity index (χ0n) is 8.07. The number of amides is 1. The number of hydrogen-bond acceptors (Lipinski definition) is 4. The molecular weight excluding hydrogens is 316 g/mol. The molecule has 88 valence electrons. The van der Waals surface area contributed by atoms with Crippen LogP contribution in [0.1, 0.15) is 6.42 Å². The average molecular weight is 325 g/mol. The van der Waals surface area contributed by atoms with Gasteiger partial charge in [-0.1, -0.05) is 0 Å². The summed E-state index contributed by atoms with van der Waals surface area (Å²) in [6.45, 7) is 0.352. The third kappa shape index (κ3) is 2.62. The fourth-order valence-corrected chi connectivity index (χ4v) is 4.67. The van der Waals surface area contributed by atoms with E-state index in [0.29, 0.717) is 6.54 Å². The van der Waals surface area contributed by atoms with Crippen molar-refractivity contribution in [2.45, 2.75) is 16.7 Å². The van der Waals surface area contributed by atoms with Gasteiger partial charge in [-0.05, 0) is 28.1 Å². The summed E-state index contributed by atoms with van der Waals surface area (Å²) in [6.07, 6.45) is 0.200. The van der Waals surface area contributed by atoms with Crippen LogP contribution in [0.2, 0.25) is 0 Å². The Hall–Kier alpha value is -0.440. The van der Waals surface area contributed by atoms with Gasteiger partial charge in [0, 0.05) is 19.0 Å². The van der Waals surface area contributed by atoms with Crippen LogP contribution in [0, 0.1) is 0 Å².